The zero-order valence-electron chi connectivity index (χ0n) is 10.6. The summed E-state index contributed by atoms with van der Waals surface area (Å²) < 4.78 is 30.6. The van der Waals surface area contributed by atoms with Crippen molar-refractivity contribution in [3.63, 3.8) is 0 Å². The predicted molar refractivity (Wildman–Crippen MR) is 74.4 cm³/mol. The van der Waals surface area contributed by atoms with Gasteiger partial charge in [-0.1, -0.05) is 0 Å². The molecule has 0 saturated heterocycles. The first kappa shape index (κ1) is 18.6. The molecule has 1 aromatic carbocycles. The van der Waals surface area contributed by atoms with E-state index in [-0.39, 0.29) is 23.9 Å². The van der Waals surface area contributed by atoms with Gasteiger partial charge in [-0.15, -0.1) is 12.4 Å². The summed E-state index contributed by atoms with van der Waals surface area (Å²) in [5.41, 5.74) is 5.89. The maximum Gasteiger partial charge on any atom is 0.326 e. The third-order valence-electron chi connectivity index (χ3n) is 2.24. The quantitative estimate of drug-likeness (QED) is 0.361. The number of hydrogen-bond acceptors (Lipinski definition) is 7. The van der Waals surface area contributed by atoms with Crippen LogP contribution in [-0.2, 0) is 24.4 Å². The molecule has 0 fully saturated rings. The molecule has 0 aliphatic heterocycles. The Morgan fingerprint density at radius 1 is 1.35 bits per heavy atom. The Labute approximate surface area is 122 Å². The van der Waals surface area contributed by atoms with E-state index in [1.807, 2.05) is 0 Å². The molecule has 10 heteroatoms. The lowest BCUT2D eigenvalue weighted by molar-refractivity contribution is -0.144. The number of methoxy groups -OCH3 is 1. The molecule has 0 saturated carbocycles. The standard InChI is InChI=1S/C10H15N3O5S.ClH/c1-17-10(14)9(6-18-12)13-19(15,16)8-4-2-7(11)3-5-8;/h2-5,9,13H,6,11-12H2,1H3;1H. The van der Waals surface area contributed by atoms with Gasteiger partial charge in [-0.05, 0) is 24.3 Å². The van der Waals surface area contributed by atoms with Gasteiger partial charge in [-0.25, -0.2) is 14.3 Å². The van der Waals surface area contributed by atoms with Crippen molar-refractivity contribution >= 4 is 34.1 Å². The Morgan fingerprint density at radius 2 is 1.90 bits per heavy atom. The van der Waals surface area contributed by atoms with Crippen LogP contribution in [0.15, 0.2) is 29.2 Å². The zero-order valence-corrected chi connectivity index (χ0v) is 12.2. The molecule has 0 aromatic heterocycles. The number of nitrogen functional groups attached to an aromatic ring is 1. The molecule has 0 bridgehead atoms. The van der Waals surface area contributed by atoms with Gasteiger partial charge in [0.1, 0.15) is 6.04 Å². The van der Waals surface area contributed by atoms with Crippen LogP contribution >= 0.6 is 12.4 Å². The number of anilines is 1. The van der Waals surface area contributed by atoms with Crippen LogP contribution in [0.2, 0.25) is 0 Å². The Kier molecular flexibility index (Phi) is 7.46. The van der Waals surface area contributed by atoms with Crippen LogP contribution in [0.25, 0.3) is 0 Å². The smallest absolute Gasteiger partial charge is 0.326 e. The minimum absolute atomic E-state index is 0. The van der Waals surface area contributed by atoms with E-state index in [1.165, 1.54) is 24.3 Å². The predicted octanol–water partition coefficient (Wildman–Crippen LogP) is -0.599. The summed E-state index contributed by atoms with van der Waals surface area (Å²) in [7, 11) is -2.77. The average Bonchev–Trinajstić information content (AvgIpc) is 2.37. The highest BCUT2D eigenvalue weighted by molar-refractivity contribution is 7.89. The second-order valence-corrected chi connectivity index (χ2v) is 5.31. The summed E-state index contributed by atoms with van der Waals surface area (Å²) in [5.74, 6) is 4.04. The minimum atomic E-state index is -3.90. The van der Waals surface area contributed by atoms with E-state index in [9.17, 15) is 13.2 Å². The molecule has 0 amide bonds. The number of nitrogens with one attached hydrogen (secondary N) is 1. The highest BCUT2D eigenvalue weighted by Crippen LogP contribution is 2.12. The average molecular weight is 326 g/mol. The number of halogens is 1. The molecule has 8 nitrogen and oxygen atoms in total. The van der Waals surface area contributed by atoms with Crippen molar-refractivity contribution in [2.75, 3.05) is 19.5 Å². The topological polar surface area (TPSA) is 134 Å². The van der Waals surface area contributed by atoms with E-state index in [4.69, 9.17) is 11.6 Å². The van der Waals surface area contributed by atoms with Crippen LogP contribution < -0.4 is 16.4 Å². The van der Waals surface area contributed by atoms with Crippen molar-refractivity contribution in [2.45, 2.75) is 10.9 Å². The lowest BCUT2D eigenvalue weighted by atomic mass is 10.3. The van der Waals surface area contributed by atoms with E-state index in [0.717, 1.165) is 7.11 Å². The van der Waals surface area contributed by atoms with Gasteiger partial charge in [-0.3, -0.25) is 4.79 Å². The third-order valence-corrected chi connectivity index (χ3v) is 3.72. The van der Waals surface area contributed by atoms with Gasteiger partial charge >= 0.3 is 5.97 Å². The summed E-state index contributed by atoms with van der Waals surface area (Å²) >= 11 is 0. The first-order chi connectivity index (χ1) is 8.90. The molecule has 5 N–H and O–H groups in total. The zero-order chi connectivity index (χ0) is 14.5. The van der Waals surface area contributed by atoms with E-state index in [1.54, 1.807) is 0 Å². The SMILES string of the molecule is COC(=O)C(CON)NS(=O)(=O)c1ccc(N)cc1.Cl. The first-order valence-corrected chi connectivity index (χ1v) is 6.66. The molecule has 20 heavy (non-hydrogen) atoms. The largest absolute Gasteiger partial charge is 0.468 e. The van der Waals surface area contributed by atoms with Crippen molar-refractivity contribution in [3.05, 3.63) is 24.3 Å². The summed E-state index contributed by atoms with van der Waals surface area (Å²) in [6.07, 6.45) is 0. The maximum atomic E-state index is 12.0. The Hall–Kier alpha value is -1.39. The summed E-state index contributed by atoms with van der Waals surface area (Å²) in [6.45, 7) is -0.346. The number of carbonyl (C=O) groups excluding carboxylic acids is 1. The Bertz CT molecular complexity index is 534. The molecular weight excluding hydrogens is 310 g/mol. The molecule has 0 spiro atoms. The van der Waals surface area contributed by atoms with Gasteiger partial charge in [-0.2, -0.15) is 4.72 Å². The van der Waals surface area contributed by atoms with Crippen LogP contribution in [0, 0.1) is 0 Å². The second kappa shape index (κ2) is 8.02. The molecule has 1 rings (SSSR count). The molecule has 1 aromatic rings. The fourth-order valence-electron chi connectivity index (χ4n) is 1.29. The molecule has 0 aliphatic rings. The van der Waals surface area contributed by atoms with Gasteiger partial charge in [0.25, 0.3) is 0 Å². The Morgan fingerprint density at radius 3 is 2.35 bits per heavy atom. The summed E-state index contributed by atoms with van der Waals surface area (Å²) in [5, 5.41) is 0. The van der Waals surface area contributed by atoms with Crippen molar-refractivity contribution in [1.29, 1.82) is 0 Å². The molecule has 0 radical (unpaired) electrons. The lowest BCUT2D eigenvalue weighted by Crippen LogP contribution is -2.45. The highest BCUT2D eigenvalue weighted by atomic mass is 35.5. The number of benzene rings is 1. The molecule has 114 valence electrons. The van der Waals surface area contributed by atoms with E-state index in [0.29, 0.717) is 5.69 Å². The van der Waals surface area contributed by atoms with E-state index in [2.05, 4.69) is 14.3 Å². The lowest BCUT2D eigenvalue weighted by Gasteiger charge is -2.15. The van der Waals surface area contributed by atoms with Crippen LogP contribution in [0.1, 0.15) is 0 Å². The molecule has 1 atom stereocenters. The first-order valence-electron chi connectivity index (χ1n) is 5.18. The minimum Gasteiger partial charge on any atom is -0.468 e. The molecule has 0 aliphatic carbocycles. The van der Waals surface area contributed by atoms with Crippen molar-refractivity contribution in [1.82, 2.24) is 4.72 Å². The summed E-state index contributed by atoms with van der Waals surface area (Å²) in [6, 6.07) is 4.27. The van der Waals surface area contributed by atoms with E-state index < -0.39 is 22.0 Å². The van der Waals surface area contributed by atoms with Crippen molar-refractivity contribution in [3.8, 4) is 0 Å². The highest BCUT2D eigenvalue weighted by Gasteiger charge is 2.26. The number of nitrogens with two attached hydrogens (primary N) is 2. The van der Waals surface area contributed by atoms with Crippen molar-refractivity contribution < 1.29 is 22.8 Å². The third kappa shape index (κ3) is 4.94. The molecule has 0 heterocycles. The van der Waals surface area contributed by atoms with Gasteiger partial charge in [0.15, 0.2) is 0 Å². The molecule has 1 unspecified atom stereocenters. The van der Waals surface area contributed by atoms with Gasteiger partial charge in [0.2, 0.25) is 10.0 Å². The van der Waals surface area contributed by atoms with E-state index >= 15 is 0 Å². The number of carbonyl (C=O) groups is 1. The number of ether oxygens (including phenoxy) is 1. The number of esters is 1. The summed E-state index contributed by atoms with van der Waals surface area (Å²) in [4.78, 5) is 15.6. The van der Waals surface area contributed by atoms with Crippen LogP contribution in [-0.4, -0.2) is 34.1 Å². The van der Waals surface area contributed by atoms with Crippen LogP contribution in [0.4, 0.5) is 5.69 Å². The number of sulfonamides is 1. The Balaban J connectivity index is 0.00000361. The fraction of sp³-hybridized carbons (Fsp3) is 0.300. The van der Waals surface area contributed by atoms with Crippen molar-refractivity contribution in [2.24, 2.45) is 5.90 Å². The normalized spacial score (nSPS) is 12.3. The molecular formula is C10H16ClN3O5S. The van der Waals surface area contributed by atoms with Crippen LogP contribution in [0.3, 0.4) is 0 Å². The number of rotatable bonds is 6. The monoisotopic (exact) mass is 325 g/mol. The fourth-order valence-corrected chi connectivity index (χ4v) is 2.46. The maximum absolute atomic E-state index is 12.0. The second-order valence-electron chi connectivity index (χ2n) is 3.60. The van der Waals surface area contributed by atoms with Crippen LogP contribution in [0.5, 0.6) is 0 Å². The van der Waals surface area contributed by atoms with Gasteiger partial charge < -0.3 is 15.3 Å². The van der Waals surface area contributed by atoms with Gasteiger partial charge in [0, 0.05) is 5.69 Å². The van der Waals surface area contributed by atoms with Gasteiger partial charge in [0.05, 0.1) is 18.6 Å². The number of hydrogen-bond donors (Lipinski definition) is 3.